The number of pyridine rings is 1. The molecule has 0 saturated heterocycles. The largest absolute Gasteiger partial charge is 0.351 e. The Bertz CT molecular complexity index is 648. The molecule has 0 spiro atoms. The number of hydrogen-bond acceptors (Lipinski definition) is 5. The molecular weight excluding hydrogens is 310 g/mol. The average molecular weight is 333 g/mol. The molecule has 0 aliphatic heterocycles. The smallest absolute Gasteiger partial charge is 0.230 e. The Morgan fingerprint density at radius 1 is 1.26 bits per heavy atom. The van der Waals surface area contributed by atoms with Gasteiger partial charge in [0.2, 0.25) is 5.91 Å². The second kappa shape index (κ2) is 7.59. The van der Waals surface area contributed by atoms with Gasteiger partial charge in [-0.05, 0) is 39.3 Å². The van der Waals surface area contributed by atoms with E-state index in [9.17, 15) is 4.79 Å². The molecule has 0 fully saturated rings. The third kappa shape index (κ3) is 5.06. The van der Waals surface area contributed by atoms with Crippen LogP contribution in [0.15, 0.2) is 29.7 Å². The van der Waals surface area contributed by atoms with Crippen molar-refractivity contribution >= 4 is 17.7 Å². The Morgan fingerprint density at radius 3 is 2.57 bits per heavy atom. The van der Waals surface area contributed by atoms with Crippen LogP contribution in [0.4, 0.5) is 0 Å². The highest BCUT2D eigenvalue weighted by atomic mass is 32.2. The summed E-state index contributed by atoms with van der Waals surface area (Å²) in [7, 11) is 0. The van der Waals surface area contributed by atoms with Gasteiger partial charge in [-0.3, -0.25) is 9.78 Å². The van der Waals surface area contributed by atoms with E-state index in [-0.39, 0.29) is 11.4 Å². The molecule has 2 aromatic heterocycles. The van der Waals surface area contributed by atoms with Crippen LogP contribution in [-0.2, 0) is 11.3 Å². The van der Waals surface area contributed by atoms with E-state index in [0.717, 1.165) is 29.5 Å². The molecule has 124 valence electrons. The zero-order chi connectivity index (χ0) is 16.9. The highest BCUT2D eigenvalue weighted by Gasteiger charge is 2.17. The van der Waals surface area contributed by atoms with Gasteiger partial charge in [0.1, 0.15) is 0 Å². The van der Waals surface area contributed by atoms with Gasteiger partial charge in [-0.15, -0.1) is 10.2 Å². The molecule has 0 aromatic carbocycles. The first-order valence-electron chi connectivity index (χ1n) is 7.68. The predicted molar refractivity (Wildman–Crippen MR) is 92.2 cm³/mol. The van der Waals surface area contributed by atoms with Gasteiger partial charge in [0.15, 0.2) is 11.0 Å². The molecule has 23 heavy (non-hydrogen) atoms. The quantitative estimate of drug-likeness (QED) is 0.823. The van der Waals surface area contributed by atoms with Gasteiger partial charge in [0.05, 0.1) is 5.75 Å². The number of rotatable bonds is 6. The topological polar surface area (TPSA) is 72.7 Å². The van der Waals surface area contributed by atoms with Crippen LogP contribution in [0.25, 0.3) is 11.4 Å². The summed E-state index contributed by atoms with van der Waals surface area (Å²) in [5.74, 6) is 1.14. The van der Waals surface area contributed by atoms with Gasteiger partial charge in [0, 0.05) is 30.0 Å². The maximum Gasteiger partial charge on any atom is 0.230 e. The van der Waals surface area contributed by atoms with Crippen molar-refractivity contribution in [2.24, 2.45) is 0 Å². The van der Waals surface area contributed by atoms with Crippen molar-refractivity contribution < 1.29 is 4.79 Å². The third-order valence-corrected chi connectivity index (χ3v) is 3.92. The number of carbonyl (C=O) groups is 1. The molecule has 7 heteroatoms. The molecule has 2 aromatic rings. The number of amides is 1. The van der Waals surface area contributed by atoms with Gasteiger partial charge in [-0.1, -0.05) is 18.7 Å². The summed E-state index contributed by atoms with van der Waals surface area (Å²) in [4.78, 5) is 16.0. The third-order valence-electron chi connectivity index (χ3n) is 2.95. The van der Waals surface area contributed by atoms with Crippen LogP contribution in [0, 0.1) is 0 Å². The highest BCUT2D eigenvalue weighted by Crippen LogP contribution is 2.24. The van der Waals surface area contributed by atoms with Gasteiger partial charge in [-0.25, -0.2) is 0 Å². The number of carbonyl (C=O) groups excluding carboxylic acids is 1. The van der Waals surface area contributed by atoms with Crippen LogP contribution in [0.2, 0.25) is 0 Å². The lowest BCUT2D eigenvalue weighted by molar-refractivity contribution is -0.119. The van der Waals surface area contributed by atoms with Crippen LogP contribution >= 0.6 is 11.8 Å². The second-order valence-corrected chi connectivity index (χ2v) is 7.22. The minimum Gasteiger partial charge on any atom is -0.351 e. The van der Waals surface area contributed by atoms with E-state index in [1.165, 1.54) is 11.8 Å². The van der Waals surface area contributed by atoms with E-state index in [1.807, 2.05) is 32.9 Å². The fraction of sp³-hybridized carbons (Fsp3) is 0.500. The first-order valence-corrected chi connectivity index (χ1v) is 8.66. The fourth-order valence-corrected chi connectivity index (χ4v) is 2.88. The number of nitrogens with one attached hydrogen (secondary N) is 1. The minimum atomic E-state index is -0.225. The summed E-state index contributed by atoms with van der Waals surface area (Å²) in [6.45, 7) is 8.83. The Labute approximate surface area is 141 Å². The Morgan fingerprint density at radius 2 is 1.96 bits per heavy atom. The lowest BCUT2D eigenvalue weighted by Gasteiger charge is -2.20. The van der Waals surface area contributed by atoms with Crippen LogP contribution in [0.5, 0.6) is 0 Å². The van der Waals surface area contributed by atoms with Crippen LogP contribution in [-0.4, -0.2) is 36.9 Å². The lowest BCUT2D eigenvalue weighted by atomic mass is 10.1. The van der Waals surface area contributed by atoms with Crippen molar-refractivity contribution in [3.63, 3.8) is 0 Å². The first-order chi connectivity index (χ1) is 10.9. The predicted octanol–water partition coefficient (Wildman–Crippen LogP) is 2.76. The van der Waals surface area contributed by atoms with Gasteiger partial charge in [-0.2, -0.15) is 0 Å². The molecule has 2 rings (SSSR count). The Balaban J connectivity index is 2.13. The van der Waals surface area contributed by atoms with Gasteiger partial charge in [0.25, 0.3) is 0 Å². The van der Waals surface area contributed by atoms with Crippen LogP contribution in [0.3, 0.4) is 0 Å². The Kier molecular flexibility index (Phi) is 5.76. The Hall–Kier alpha value is -1.89. The molecule has 0 unspecified atom stereocenters. The molecule has 1 amide bonds. The SMILES string of the molecule is CCCn1c(SCC(=O)NC(C)(C)C)nnc1-c1ccncc1. The van der Waals surface area contributed by atoms with E-state index >= 15 is 0 Å². The van der Waals surface area contributed by atoms with Crippen molar-refractivity contribution in [2.75, 3.05) is 5.75 Å². The average Bonchev–Trinajstić information content (AvgIpc) is 2.88. The summed E-state index contributed by atoms with van der Waals surface area (Å²) in [5, 5.41) is 12.3. The zero-order valence-corrected chi connectivity index (χ0v) is 14.9. The van der Waals surface area contributed by atoms with E-state index in [4.69, 9.17) is 0 Å². The molecule has 0 aliphatic carbocycles. The number of thioether (sulfide) groups is 1. The number of aromatic nitrogens is 4. The lowest BCUT2D eigenvalue weighted by Crippen LogP contribution is -2.41. The molecule has 0 radical (unpaired) electrons. The maximum absolute atomic E-state index is 12.0. The molecule has 0 atom stereocenters. The normalized spacial score (nSPS) is 11.5. The van der Waals surface area contributed by atoms with E-state index in [1.54, 1.807) is 12.4 Å². The van der Waals surface area contributed by atoms with E-state index in [2.05, 4.69) is 32.0 Å². The van der Waals surface area contributed by atoms with Crippen molar-refractivity contribution in [1.82, 2.24) is 25.1 Å². The van der Waals surface area contributed by atoms with Gasteiger partial charge < -0.3 is 9.88 Å². The van der Waals surface area contributed by atoms with Crippen molar-refractivity contribution in [1.29, 1.82) is 0 Å². The van der Waals surface area contributed by atoms with E-state index in [0.29, 0.717) is 5.75 Å². The standard InChI is InChI=1S/C16H23N5OS/c1-5-10-21-14(12-6-8-17-9-7-12)19-20-15(21)23-11-13(22)18-16(2,3)4/h6-9H,5,10-11H2,1-4H3,(H,18,22). The molecule has 0 aliphatic rings. The molecule has 2 heterocycles. The minimum absolute atomic E-state index is 0.000917. The summed E-state index contributed by atoms with van der Waals surface area (Å²) < 4.78 is 2.06. The van der Waals surface area contributed by atoms with Gasteiger partial charge >= 0.3 is 0 Å². The van der Waals surface area contributed by atoms with Crippen molar-refractivity contribution in [3.05, 3.63) is 24.5 Å². The molecular formula is C16H23N5OS. The molecule has 1 N–H and O–H groups in total. The van der Waals surface area contributed by atoms with Crippen LogP contribution < -0.4 is 5.32 Å². The summed E-state index contributed by atoms with van der Waals surface area (Å²) in [6.07, 6.45) is 4.45. The summed E-state index contributed by atoms with van der Waals surface area (Å²) in [6, 6.07) is 3.83. The molecule has 0 saturated carbocycles. The number of nitrogens with zero attached hydrogens (tertiary/aromatic N) is 4. The van der Waals surface area contributed by atoms with Crippen LogP contribution in [0.1, 0.15) is 34.1 Å². The number of hydrogen-bond donors (Lipinski definition) is 1. The van der Waals surface area contributed by atoms with Crippen molar-refractivity contribution in [3.8, 4) is 11.4 Å². The fourth-order valence-electron chi connectivity index (χ4n) is 2.12. The monoisotopic (exact) mass is 333 g/mol. The maximum atomic E-state index is 12.0. The second-order valence-electron chi connectivity index (χ2n) is 6.28. The van der Waals surface area contributed by atoms with Crippen molar-refractivity contribution in [2.45, 2.75) is 51.4 Å². The van der Waals surface area contributed by atoms with E-state index < -0.39 is 0 Å². The highest BCUT2D eigenvalue weighted by molar-refractivity contribution is 7.99. The molecule has 0 bridgehead atoms. The first kappa shape index (κ1) is 17.5. The summed E-state index contributed by atoms with van der Waals surface area (Å²) in [5.41, 5.74) is 0.753. The zero-order valence-electron chi connectivity index (χ0n) is 14.0. The molecule has 6 nitrogen and oxygen atoms in total. The summed E-state index contributed by atoms with van der Waals surface area (Å²) >= 11 is 1.41.